The highest BCUT2D eigenvalue weighted by atomic mass is 16.5. The maximum absolute atomic E-state index is 12.6. The van der Waals surface area contributed by atoms with Crippen molar-refractivity contribution in [2.24, 2.45) is 5.92 Å². The van der Waals surface area contributed by atoms with Crippen molar-refractivity contribution >= 4 is 5.97 Å². The average Bonchev–Trinajstić information content (AvgIpc) is 2.78. The number of rotatable bonds is 5. The van der Waals surface area contributed by atoms with Crippen molar-refractivity contribution in [2.75, 3.05) is 20.8 Å². The summed E-state index contributed by atoms with van der Waals surface area (Å²) in [4.78, 5) is 12.6. The van der Waals surface area contributed by atoms with Crippen LogP contribution in [0, 0.1) is 5.92 Å². The minimum atomic E-state index is -0.0939. The summed E-state index contributed by atoms with van der Waals surface area (Å²) in [7, 11) is 3.35. The molecule has 0 radical (unpaired) electrons. The number of carbonyl (C=O) groups is 1. The summed E-state index contributed by atoms with van der Waals surface area (Å²) >= 11 is 0. The van der Waals surface area contributed by atoms with E-state index in [1.807, 2.05) is 30.3 Å². The lowest BCUT2D eigenvalue weighted by Crippen LogP contribution is -2.50. The quantitative estimate of drug-likeness (QED) is 0.776. The van der Waals surface area contributed by atoms with Gasteiger partial charge in [-0.05, 0) is 60.9 Å². The Morgan fingerprint density at radius 2 is 1.76 bits per heavy atom. The Hall–Kier alpha value is -2.53. The van der Waals surface area contributed by atoms with Crippen LogP contribution in [-0.2, 0) is 28.1 Å². The highest BCUT2D eigenvalue weighted by Gasteiger charge is 2.42. The average molecular weight is 395 g/mol. The molecule has 1 saturated carbocycles. The van der Waals surface area contributed by atoms with E-state index in [0.717, 1.165) is 55.7 Å². The molecule has 5 nitrogen and oxygen atoms in total. The first-order chi connectivity index (χ1) is 14.1. The third-order valence-corrected chi connectivity index (χ3v) is 6.38. The van der Waals surface area contributed by atoms with E-state index in [9.17, 15) is 4.79 Å². The van der Waals surface area contributed by atoms with E-state index in [1.165, 1.54) is 11.1 Å². The lowest BCUT2D eigenvalue weighted by Gasteiger charge is -2.44. The third-order valence-electron chi connectivity index (χ3n) is 6.38. The van der Waals surface area contributed by atoms with Gasteiger partial charge in [0, 0.05) is 12.1 Å². The maximum atomic E-state index is 12.6. The van der Waals surface area contributed by atoms with Gasteiger partial charge in [0.25, 0.3) is 0 Å². The second-order valence-corrected chi connectivity index (χ2v) is 7.99. The molecule has 2 aromatic rings. The first kappa shape index (κ1) is 19.8. The Morgan fingerprint density at radius 1 is 1.07 bits per heavy atom. The van der Waals surface area contributed by atoms with Gasteiger partial charge in [-0.25, -0.2) is 0 Å². The molecule has 4 rings (SSSR count). The van der Waals surface area contributed by atoms with Crippen molar-refractivity contribution in [3.05, 3.63) is 59.2 Å². The molecule has 0 unspecified atom stereocenters. The van der Waals surface area contributed by atoms with E-state index < -0.39 is 0 Å². The van der Waals surface area contributed by atoms with E-state index in [4.69, 9.17) is 14.2 Å². The Labute approximate surface area is 172 Å². The van der Waals surface area contributed by atoms with Crippen LogP contribution in [0.1, 0.15) is 42.4 Å². The lowest BCUT2D eigenvalue weighted by atomic mass is 9.69. The Bertz CT molecular complexity index is 857. The second kappa shape index (κ2) is 8.46. The molecular formula is C24H29NO4. The fourth-order valence-electron chi connectivity index (χ4n) is 4.74. The minimum absolute atomic E-state index is 0.0309. The normalized spacial score (nSPS) is 23.3. The Kier molecular flexibility index (Phi) is 5.76. The van der Waals surface area contributed by atoms with E-state index in [0.29, 0.717) is 6.61 Å². The molecule has 0 bridgehead atoms. The number of hydrogen-bond donors (Lipinski definition) is 1. The molecule has 5 heteroatoms. The van der Waals surface area contributed by atoms with Crippen molar-refractivity contribution in [1.29, 1.82) is 0 Å². The van der Waals surface area contributed by atoms with Crippen molar-refractivity contribution in [3.63, 3.8) is 0 Å². The number of nitrogens with one attached hydrogen (secondary N) is 1. The van der Waals surface area contributed by atoms with Gasteiger partial charge in [0.1, 0.15) is 6.61 Å². The molecule has 0 saturated heterocycles. The van der Waals surface area contributed by atoms with Crippen molar-refractivity contribution in [2.45, 2.75) is 44.2 Å². The van der Waals surface area contributed by atoms with Crippen LogP contribution in [0.15, 0.2) is 42.5 Å². The molecule has 1 fully saturated rings. The number of hydrogen-bond acceptors (Lipinski definition) is 5. The highest BCUT2D eigenvalue weighted by Crippen LogP contribution is 2.46. The molecule has 0 aromatic heterocycles. The minimum Gasteiger partial charge on any atom is -0.493 e. The van der Waals surface area contributed by atoms with Crippen molar-refractivity contribution < 1.29 is 19.0 Å². The summed E-state index contributed by atoms with van der Waals surface area (Å²) in [6.45, 7) is 1.28. The smallest absolute Gasteiger partial charge is 0.309 e. The summed E-state index contributed by atoms with van der Waals surface area (Å²) in [5.41, 5.74) is 3.53. The summed E-state index contributed by atoms with van der Waals surface area (Å²) in [5.74, 6) is 1.43. The summed E-state index contributed by atoms with van der Waals surface area (Å²) in [6.07, 6.45) is 4.46. The number of ether oxygens (including phenoxy) is 3. The molecule has 1 spiro atoms. The van der Waals surface area contributed by atoms with Crippen LogP contribution in [0.4, 0.5) is 0 Å². The van der Waals surface area contributed by atoms with Gasteiger partial charge >= 0.3 is 5.97 Å². The van der Waals surface area contributed by atoms with Crippen LogP contribution in [-0.4, -0.2) is 26.7 Å². The number of benzene rings is 2. The molecule has 2 aromatic carbocycles. The third kappa shape index (κ3) is 3.97. The van der Waals surface area contributed by atoms with Crippen molar-refractivity contribution in [3.8, 4) is 11.5 Å². The molecule has 29 heavy (non-hydrogen) atoms. The van der Waals surface area contributed by atoms with Crippen LogP contribution in [0.3, 0.4) is 0 Å². The van der Waals surface area contributed by atoms with Gasteiger partial charge in [0.05, 0.1) is 20.1 Å². The van der Waals surface area contributed by atoms with Crippen LogP contribution >= 0.6 is 0 Å². The first-order valence-corrected chi connectivity index (χ1v) is 10.4. The molecule has 1 aliphatic carbocycles. The van der Waals surface area contributed by atoms with Gasteiger partial charge < -0.3 is 19.5 Å². The molecule has 0 amide bonds. The van der Waals surface area contributed by atoms with Crippen LogP contribution in [0.25, 0.3) is 0 Å². The summed E-state index contributed by atoms with van der Waals surface area (Å²) in [5, 5.41) is 3.75. The molecule has 2 aliphatic rings. The standard InChI is InChI=1S/C24H29NO4/c1-27-21-14-19-10-13-25-24(20(19)15-22(21)28-2)11-8-18(9-12-24)23(26)29-16-17-6-4-3-5-7-17/h3-7,14-15,18,25H,8-13,16H2,1-2H3. The summed E-state index contributed by atoms with van der Waals surface area (Å²) in [6, 6.07) is 14.1. The van der Waals surface area contributed by atoms with Gasteiger partial charge in [0.2, 0.25) is 0 Å². The number of carbonyl (C=O) groups excluding carboxylic acids is 1. The van der Waals surface area contributed by atoms with Crippen molar-refractivity contribution in [1.82, 2.24) is 5.32 Å². The first-order valence-electron chi connectivity index (χ1n) is 10.4. The zero-order chi connectivity index (χ0) is 20.3. The number of fused-ring (bicyclic) bond motifs is 2. The van der Waals surface area contributed by atoms with Gasteiger partial charge in [-0.2, -0.15) is 0 Å². The van der Waals surface area contributed by atoms with Crippen LogP contribution < -0.4 is 14.8 Å². The Morgan fingerprint density at radius 3 is 2.45 bits per heavy atom. The monoisotopic (exact) mass is 395 g/mol. The lowest BCUT2D eigenvalue weighted by molar-refractivity contribution is -0.151. The van der Waals surface area contributed by atoms with E-state index in [2.05, 4.69) is 17.4 Å². The largest absolute Gasteiger partial charge is 0.493 e. The van der Waals surface area contributed by atoms with Crippen LogP contribution in [0.2, 0.25) is 0 Å². The topological polar surface area (TPSA) is 56.8 Å². The second-order valence-electron chi connectivity index (χ2n) is 7.99. The van der Waals surface area contributed by atoms with Gasteiger partial charge in [-0.1, -0.05) is 30.3 Å². The molecular weight excluding hydrogens is 366 g/mol. The van der Waals surface area contributed by atoms with E-state index in [1.54, 1.807) is 14.2 Å². The summed E-state index contributed by atoms with van der Waals surface area (Å²) < 4.78 is 16.6. The SMILES string of the molecule is COc1cc2c(cc1OC)C1(CCC(C(=O)OCc3ccccc3)CC1)NCC2. The Balaban J connectivity index is 1.44. The maximum Gasteiger partial charge on any atom is 0.309 e. The van der Waals surface area contributed by atoms with E-state index >= 15 is 0 Å². The molecule has 154 valence electrons. The van der Waals surface area contributed by atoms with Gasteiger partial charge in [0.15, 0.2) is 11.5 Å². The predicted molar refractivity (Wildman–Crippen MR) is 111 cm³/mol. The molecule has 0 atom stereocenters. The van der Waals surface area contributed by atoms with E-state index in [-0.39, 0.29) is 17.4 Å². The zero-order valence-corrected chi connectivity index (χ0v) is 17.2. The molecule has 1 N–H and O–H groups in total. The van der Waals surface area contributed by atoms with Gasteiger partial charge in [-0.3, -0.25) is 4.79 Å². The fraction of sp³-hybridized carbons (Fsp3) is 0.458. The zero-order valence-electron chi connectivity index (χ0n) is 17.2. The number of esters is 1. The molecule has 1 aliphatic heterocycles. The van der Waals surface area contributed by atoms with Gasteiger partial charge in [-0.15, -0.1) is 0 Å². The fourth-order valence-corrected chi connectivity index (χ4v) is 4.74. The molecule has 1 heterocycles. The predicted octanol–water partition coefficient (Wildman–Crippen LogP) is 3.98. The number of methoxy groups -OCH3 is 2. The highest BCUT2D eigenvalue weighted by molar-refractivity contribution is 5.72. The van der Waals surface area contributed by atoms with Crippen LogP contribution in [0.5, 0.6) is 11.5 Å².